The highest BCUT2D eigenvalue weighted by Gasteiger charge is 2.35. The minimum Gasteiger partial charge on any atom is -0.444 e. The van der Waals surface area contributed by atoms with Crippen molar-refractivity contribution in [3.8, 4) is 0 Å². The van der Waals surface area contributed by atoms with Crippen molar-refractivity contribution in [2.75, 3.05) is 19.7 Å². The van der Waals surface area contributed by atoms with E-state index >= 15 is 0 Å². The average Bonchev–Trinajstić information content (AvgIpc) is 2.56. The molecule has 1 rings (SSSR count). The number of hydrogen-bond acceptors (Lipinski definition) is 4. The molecule has 0 saturated carbocycles. The van der Waals surface area contributed by atoms with Crippen molar-refractivity contribution in [3.05, 3.63) is 0 Å². The summed E-state index contributed by atoms with van der Waals surface area (Å²) in [5.41, 5.74) is -0.377. The highest BCUT2D eigenvalue weighted by Crippen LogP contribution is 2.24. The molecule has 1 aliphatic heterocycles. The average molecular weight is 272 g/mol. The Morgan fingerprint density at radius 3 is 2.63 bits per heavy atom. The molecule has 0 aromatic rings. The number of carbonyl (C=O) groups is 1. The SMILES string of the molecule is CC1OCCC1(C)NCCCNC(=O)OC(C)(C)C. The molecule has 1 amide bonds. The molecule has 0 aromatic heterocycles. The number of ether oxygens (including phenoxy) is 2. The molecule has 5 nitrogen and oxygen atoms in total. The fraction of sp³-hybridized carbons (Fsp3) is 0.929. The Kier molecular flexibility index (Phi) is 5.62. The van der Waals surface area contributed by atoms with Gasteiger partial charge in [0.05, 0.1) is 6.10 Å². The molecule has 0 bridgehead atoms. The molecule has 0 aliphatic carbocycles. The first-order valence-electron chi connectivity index (χ1n) is 7.06. The first kappa shape index (κ1) is 16.2. The lowest BCUT2D eigenvalue weighted by Gasteiger charge is -2.29. The van der Waals surface area contributed by atoms with Crippen LogP contribution in [0.5, 0.6) is 0 Å². The van der Waals surface area contributed by atoms with Crippen LogP contribution in [0.25, 0.3) is 0 Å². The van der Waals surface area contributed by atoms with Gasteiger partial charge in [0, 0.05) is 18.7 Å². The molecule has 112 valence electrons. The van der Waals surface area contributed by atoms with E-state index in [-0.39, 0.29) is 17.7 Å². The highest BCUT2D eigenvalue weighted by molar-refractivity contribution is 5.67. The summed E-state index contributed by atoms with van der Waals surface area (Å²) in [7, 11) is 0. The quantitative estimate of drug-likeness (QED) is 0.752. The molecule has 1 heterocycles. The Balaban J connectivity index is 2.10. The second-order valence-corrected chi connectivity index (χ2v) is 6.39. The van der Waals surface area contributed by atoms with Crippen LogP contribution in [0.1, 0.15) is 47.5 Å². The van der Waals surface area contributed by atoms with Gasteiger partial charge in [-0.15, -0.1) is 0 Å². The van der Waals surface area contributed by atoms with Crippen LogP contribution in [0.3, 0.4) is 0 Å². The Morgan fingerprint density at radius 2 is 2.11 bits per heavy atom. The third-order valence-corrected chi connectivity index (χ3v) is 3.44. The number of rotatable bonds is 5. The van der Waals surface area contributed by atoms with Crippen molar-refractivity contribution >= 4 is 6.09 Å². The highest BCUT2D eigenvalue weighted by atomic mass is 16.6. The number of amides is 1. The zero-order chi connectivity index (χ0) is 14.5. The predicted octanol–water partition coefficient (Wildman–Crippen LogP) is 2.06. The van der Waals surface area contributed by atoms with Gasteiger partial charge in [0.1, 0.15) is 5.60 Å². The van der Waals surface area contributed by atoms with Crippen molar-refractivity contribution in [1.29, 1.82) is 0 Å². The summed E-state index contributed by atoms with van der Waals surface area (Å²) < 4.78 is 10.7. The van der Waals surface area contributed by atoms with Crippen molar-refractivity contribution < 1.29 is 14.3 Å². The monoisotopic (exact) mass is 272 g/mol. The second-order valence-electron chi connectivity index (χ2n) is 6.39. The van der Waals surface area contributed by atoms with E-state index in [1.807, 2.05) is 20.8 Å². The van der Waals surface area contributed by atoms with Crippen LogP contribution in [0.15, 0.2) is 0 Å². The van der Waals surface area contributed by atoms with E-state index in [1.54, 1.807) is 0 Å². The van der Waals surface area contributed by atoms with E-state index in [4.69, 9.17) is 9.47 Å². The fourth-order valence-corrected chi connectivity index (χ4v) is 2.03. The normalized spacial score (nSPS) is 27.3. The maximum atomic E-state index is 11.4. The van der Waals surface area contributed by atoms with Crippen LogP contribution in [-0.2, 0) is 9.47 Å². The van der Waals surface area contributed by atoms with Crippen molar-refractivity contribution in [2.24, 2.45) is 0 Å². The van der Waals surface area contributed by atoms with Crippen LogP contribution >= 0.6 is 0 Å². The zero-order valence-corrected chi connectivity index (χ0v) is 12.8. The molecule has 0 radical (unpaired) electrons. The molecular formula is C14H28N2O3. The summed E-state index contributed by atoms with van der Waals surface area (Å²) in [6.07, 6.45) is 1.80. The largest absolute Gasteiger partial charge is 0.444 e. The topological polar surface area (TPSA) is 59.6 Å². The van der Waals surface area contributed by atoms with Gasteiger partial charge >= 0.3 is 6.09 Å². The van der Waals surface area contributed by atoms with Crippen molar-refractivity contribution in [1.82, 2.24) is 10.6 Å². The number of alkyl carbamates (subject to hydrolysis) is 1. The van der Waals surface area contributed by atoms with E-state index in [9.17, 15) is 4.79 Å². The third-order valence-electron chi connectivity index (χ3n) is 3.44. The molecule has 2 atom stereocenters. The Hall–Kier alpha value is -0.810. The first-order valence-corrected chi connectivity index (χ1v) is 7.06. The van der Waals surface area contributed by atoms with Gasteiger partial charge in [-0.3, -0.25) is 0 Å². The second kappa shape index (κ2) is 6.57. The van der Waals surface area contributed by atoms with E-state index in [2.05, 4.69) is 24.5 Å². The molecular weight excluding hydrogens is 244 g/mol. The summed E-state index contributed by atoms with van der Waals surface area (Å²) in [6, 6.07) is 0. The minimum absolute atomic E-state index is 0.0614. The van der Waals surface area contributed by atoms with Crippen LogP contribution in [0, 0.1) is 0 Å². The van der Waals surface area contributed by atoms with Gasteiger partial charge in [-0.1, -0.05) is 0 Å². The molecule has 2 unspecified atom stereocenters. The summed E-state index contributed by atoms with van der Waals surface area (Å²) in [6.45, 7) is 12.2. The van der Waals surface area contributed by atoms with Crippen LogP contribution in [-0.4, -0.2) is 43.0 Å². The lowest BCUT2D eigenvalue weighted by atomic mass is 9.94. The van der Waals surface area contributed by atoms with E-state index in [0.29, 0.717) is 6.54 Å². The van der Waals surface area contributed by atoms with Crippen molar-refractivity contribution in [3.63, 3.8) is 0 Å². The fourth-order valence-electron chi connectivity index (χ4n) is 2.03. The first-order chi connectivity index (χ1) is 8.73. The maximum Gasteiger partial charge on any atom is 0.407 e. The van der Waals surface area contributed by atoms with E-state index in [0.717, 1.165) is 26.0 Å². The summed E-state index contributed by atoms with van der Waals surface area (Å²) in [5.74, 6) is 0. The summed E-state index contributed by atoms with van der Waals surface area (Å²) >= 11 is 0. The van der Waals surface area contributed by atoms with Crippen molar-refractivity contribution in [2.45, 2.75) is 64.7 Å². The zero-order valence-electron chi connectivity index (χ0n) is 12.8. The van der Waals surface area contributed by atoms with Gasteiger partial charge in [0.15, 0.2) is 0 Å². The van der Waals surface area contributed by atoms with Gasteiger partial charge in [0.25, 0.3) is 0 Å². The summed E-state index contributed by atoms with van der Waals surface area (Å²) in [5, 5.41) is 6.27. The van der Waals surface area contributed by atoms with Crippen LogP contribution < -0.4 is 10.6 Å². The van der Waals surface area contributed by atoms with Crippen LogP contribution in [0.4, 0.5) is 4.79 Å². The molecule has 2 N–H and O–H groups in total. The third kappa shape index (κ3) is 5.78. The van der Waals surface area contributed by atoms with Gasteiger partial charge in [-0.25, -0.2) is 4.79 Å². The van der Waals surface area contributed by atoms with Gasteiger partial charge < -0.3 is 20.1 Å². The molecule has 19 heavy (non-hydrogen) atoms. The minimum atomic E-state index is -0.438. The predicted molar refractivity (Wildman–Crippen MR) is 75.3 cm³/mol. The molecule has 5 heteroatoms. The molecule has 1 saturated heterocycles. The Morgan fingerprint density at radius 1 is 1.42 bits per heavy atom. The van der Waals surface area contributed by atoms with E-state index < -0.39 is 5.60 Å². The number of hydrogen-bond donors (Lipinski definition) is 2. The van der Waals surface area contributed by atoms with Gasteiger partial charge in [-0.2, -0.15) is 0 Å². The molecule has 1 aliphatic rings. The Bertz CT molecular complexity index is 302. The molecule has 1 fully saturated rings. The van der Waals surface area contributed by atoms with Gasteiger partial charge in [-0.05, 0) is 54.0 Å². The number of carbonyl (C=O) groups excluding carboxylic acids is 1. The smallest absolute Gasteiger partial charge is 0.407 e. The molecule has 0 spiro atoms. The maximum absolute atomic E-state index is 11.4. The van der Waals surface area contributed by atoms with Crippen LogP contribution in [0.2, 0.25) is 0 Å². The molecule has 0 aromatic carbocycles. The number of nitrogens with one attached hydrogen (secondary N) is 2. The van der Waals surface area contributed by atoms with E-state index in [1.165, 1.54) is 0 Å². The standard InChI is InChI=1S/C14H28N2O3/c1-11-14(5,7-10-18-11)16-9-6-8-15-12(17)19-13(2,3)4/h11,16H,6-10H2,1-5H3,(H,15,17). The lowest BCUT2D eigenvalue weighted by Crippen LogP contribution is -2.48. The summed E-state index contributed by atoms with van der Waals surface area (Å²) in [4.78, 5) is 11.4. The Labute approximate surface area is 116 Å². The lowest BCUT2D eigenvalue weighted by molar-refractivity contribution is 0.0526. The van der Waals surface area contributed by atoms with Gasteiger partial charge in [0.2, 0.25) is 0 Å².